The first-order valence-corrected chi connectivity index (χ1v) is 3.53. The average Bonchev–Trinajstić information content (AvgIpc) is 2.12. The highest BCUT2D eigenvalue weighted by Crippen LogP contribution is 2.32. The molecule has 6 heteroatoms. The third-order valence-corrected chi connectivity index (χ3v) is 1.61. The van der Waals surface area contributed by atoms with Crippen LogP contribution in [0, 0.1) is 17.5 Å². The van der Waals surface area contributed by atoms with Crippen LogP contribution >= 0.6 is 0 Å². The van der Waals surface area contributed by atoms with Crippen LogP contribution in [0.25, 0.3) is 0 Å². The van der Waals surface area contributed by atoms with E-state index in [0.717, 1.165) is 0 Å². The van der Waals surface area contributed by atoms with Crippen LogP contribution in [-0.2, 0) is 5.92 Å². The second-order valence-electron chi connectivity index (χ2n) is 2.58. The number of hydrogen-bond acceptors (Lipinski definition) is 1. The molecule has 0 amide bonds. The van der Waals surface area contributed by atoms with Crippen LogP contribution in [0.2, 0.25) is 0 Å². The predicted molar refractivity (Wildman–Crippen MR) is 37.3 cm³/mol. The zero-order chi connectivity index (χ0) is 10.9. The van der Waals surface area contributed by atoms with Gasteiger partial charge in [-0.1, -0.05) is 0 Å². The van der Waals surface area contributed by atoms with E-state index in [4.69, 9.17) is 5.11 Å². The molecule has 1 nitrogen and oxygen atoms in total. The van der Waals surface area contributed by atoms with Gasteiger partial charge < -0.3 is 5.11 Å². The molecule has 0 unspecified atom stereocenters. The molecule has 0 aromatic heterocycles. The Morgan fingerprint density at radius 1 is 1.07 bits per heavy atom. The fourth-order valence-electron chi connectivity index (χ4n) is 0.941. The lowest BCUT2D eigenvalue weighted by molar-refractivity contribution is -0.0615. The number of aliphatic hydroxyl groups is 1. The molecule has 1 aromatic carbocycles. The Hall–Kier alpha value is -1.17. The highest BCUT2D eigenvalue weighted by molar-refractivity contribution is 5.25. The Morgan fingerprint density at radius 3 is 2.07 bits per heavy atom. The molecule has 0 aliphatic heterocycles. The van der Waals surface area contributed by atoms with Crippen molar-refractivity contribution in [2.45, 2.75) is 5.92 Å². The molecule has 0 heterocycles. The maximum absolute atomic E-state index is 12.7. The van der Waals surface area contributed by atoms with E-state index in [1.165, 1.54) is 0 Å². The Morgan fingerprint density at radius 2 is 1.57 bits per heavy atom. The van der Waals surface area contributed by atoms with Crippen molar-refractivity contribution >= 4 is 0 Å². The van der Waals surface area contributed by atoms with Gasteiger partial charge in [-0.2, -0.15) is 8.78 Å². The summed E-state index contributed by atoms with van der Waals surface area (Å²) in [6.45, 7) is -1.79. The lowest BCUT2D eigenvalue weighted by atomic mass is 10.1. The highest BCUT2D eigenvalue weighted by Gasteiger charge is 2.38. The van der Waals surface area contributed by atoms with E-state index >= 15 is 0 Å². The molecular formula is C8H5F5O. The minimum atomic E-state index is -4.13. The van der Waals surface area contributed by atoms with Gasteiger partial charge in [-0.25, -0.2) is 13.2 Å². The van der Waals surface area contributed by atoms with Gasteiger partial charge in [-0.3, -0.25) is 0 Å². The number of halogens is 5. The molecule has 0 aliphatic rings. The van der Waals surface area contributed by atoms with Gasteiger partial charge in [-0.05, 0) is 12.1 Å². The van der Waals surface area contributed by atoms with Crippen molar-refractivity contribution in [3.8, 4) is 0 Å². The SMILES string of the molecule is OCC(F)(F)c1c(F)ccc(F)c1F. The number of aliphatic hydroxyl groups excluding tert-OH is 1. The van der Waals surface area contributed by atoms with Gasteiger partial charge in [0, 0.05) is 0 Å². The quantitative estimate of drug-likeness (QED) is 0.588. The normalized spacial score (nSPS) is 11.9. The Labute approximate surface area is 75.8 Å². The van der Waals surface area contributed by atoms with E-state index in [-0.39, 0.29) is 0 Å². The standard InChI is InChI=1S/C8H5F5O/c9-4-1-2-5(10)7(11)6(4)8(12,13)3-14/h1-2,14H,3H2. The van der Waals surface area contributed by atoms with Crippen LogP contribution in [0.3, 0.4) is 0 Å². The molecule has 1 N–H and O–H groups in total. The molecule has 78 valence electrons. The molecule has 0 spiro atoms. The van der Waals surface area contributed by atoms with Gasteiger partial charge in [0.15, 0.2) is 11.6 Å². The lowest BCUT2D eigenvalue weighted by Crippen LogP contribution is -2.22. The van der Waals surface area contributed by atoms with Gasteiger partial charge >= 0.3 is 5.92 Å². The predicted octanol–water partition coefficient (Wildman–Crippen LogP) is 2.19. The van der Waals surface area contributed by atoms with Gasteiger partial charge in [0.25, 0.3) is 0 Å². The Bertz CT molecular complexity index is 350. The molecule has 0 radical (unpaired) electrons. The third-order valence-electron chi connectivity index (χ3n) is 1.61. The Balaban J connectivity index is 3.40. The summed E-state index contributed by atoms with van der Waals surface area (Å²) in [7, 11) is 0. The minimum absolute atomic E-state index is 0.372. The largest absolute Gasteiger partial charge is 0.390 e. The van der Waals surface area contributed by atoms with Gasteiger partial charge in [0.1, 0.15) is 12.4 Å². The first-order valence-electron chi connectivity index (χ1n) is 3.53. The topological polar surface area (TPSA) is 20.2 Å². The maximum Gasteiger partial charge on any atom is 0.301 e. The summed E-state index contributed by atoms with van der Waals surface area (Å²) in [5.41, 5.74) is -1.75. The van der Waals surface area contributed by atoms with Crippen LogP contribution in [0.5, 0.6) is 0 Å². The summed E-state index contributed by atoms with van der Waals surface area (Å²) < 4.78 is 63.3. The second kappa shape index (κ2) is 3.53. The fraction of sp³-hybridized carbons (Fsp3) is 0.250. The third kappa shape index (κ3) is 1.70. The summed E-state index contributed by atoms with van der Waals surface area (Å²) in [6, 6.07) is 0.763. The zero-order valence-corrected chi connectivity index (χ0v) is 6.70. The van der Waals surface area contributed by atoms with Crippen LogP contribution in [0.1, 0.15) is 5.56 Å². The average molecular weight is 212 g/mol. The van der Waals surface area contributed by atoms with E-state index in [2.05, 4.69) is 0 Å². The molecule has 1 rings (SSSR count). The van der Waals surface area contributed by atoms with Crippen molar-refractivity contribution in [3.63, 3.8) is 0 Å². The number of alkyl halides is 2. The Kier molecular flexibility index (Phi) is 2.75. The molecule has 0 saturated heterocycles. The van der Waals surface area contributed by atoms with Crippen molar-refractivity contribution in [1.82, 2.24) is 0 Å². The van der Waals surface area contributed by atoms with Crippen LogP contribution in [0.15, 0.2) is 12.1 Å². The van der Waals surface area contributed by atoms with Crippen LogP contribution in [-0.4, -0.2) is 11.7 Å². The molecule has 0 bridgehead atoms. The monoisotopic (exact) mass is 212 g/mol. The van der Waals surface area contributed by atoms with Crippen LogP contribution in [0.4, 0.5) is 22.0 Å². The molecule has 0 atom stereocenters. The van der Waals surface area contributed by atoms with Crippen molar-refractivity contribution in [3.05, 3.63) is 35.1 Å². The summed E-state index contributed by atoms with van der Waals surface area (Å²) in [5.74, 6) is -9.29. The van der Waals surface area contributed by atoms with Crippen molar-refractivity contribution in [2.24, 2.45) is 0 Å². The molecule has 0 aliphatic carbocycles. The highest BCUT2D eigenvalue weighted by atomic mass is 19.3. The molecule has 0 saturated carbocycles. The van der Waals surface area contributed by atoms with E-state index in [1.807, 2.05) is 0 Å². The number of hydrogen-bond donors (Lipinski definition) is 1. The van der Waals surface area contributed by atoms with E-state index in [0.29, 0.717) is 12.1 Å². The summed E-state index contributed by atoms with van der Waals surface area (Å²) in [6.07, 6.45) is 0. The summed E-state index contributed by atoms with van der Waals surface area (Å²) >= 11 is 0. The maximum atomic E-state index is 12.7. The number of benzene rings is 1. The second-order valence-corrected chi connectivity index (χ2v) is 2.58. The molecular weight excluding hydrogens is 207 g/mol. The van der Waals surface area contributed by atoms with Crippen molar-refractivity contribution in [1.29, 1.82) is 0 Å². The van der Waals surface area contributed by atoms with E-state index in [9.17, 15) is 22.0 Å². The first-order chi connectivity index (χ1) is 6.40. The van der Waals surface area contributed by atoms with Crippen molar-refractivity contribution in [2.75, 3.05) is 6.61 Å². The molecule has 0 fully saturated rings. The lowest BCUT2D eigenvalue weighted by Gasteiger charge is -2.15. The van der Waals surface area contributed by atoms with Gasteiger partial charge in [0.2, 0.25) is 0 Å². The zero-order valence-electron chi connectivity index (χ0n) is 6.70. The van der Waals surface area contributed by atoms with E-state index < -0.39 is 35.5 Å². The first kappa shape index (κ1) is 10.9. The van der Waals surface area contributed by atoms with Gasteiger partial charge in [-0.15, -0.1) is 0 Å². The summed E-state index contributed by atoms with van der Waals surface area (Å²) in [4.78, 5) is 0. The molecule has 1 aromatic rings. The van der Waals surface area contributed by atoms with E-state index in [1.54, 1.807) is 0 Å². The molecule has 14 heavy (non-hydrogen) atoms. The van der Waals surface area contributed by atoms with Crippen molar-refractivity contribution < 1.29 is 27.1 Å². The van der Waals surface area contributed by atoms with Crippen LogP contribution < -0.4 is 0 Å². The van der Waals surface area contributed by atoms with Gasteiger partial charge in [0.05, 0.1) is 5.56 Å². The fourth-order valence-corrected chi connectivity index (χ4v) is 0.941. The summed E-state index contributed by atoms with van der Waals surface area (Å²) in [5, 5.41) is 8.18. The number of rotatable bonds is 2. The smallest absolute Gasteiger partial charge is 0.301 e. The minimum Gasteiger partial charge on any atom is -0.390 e.